The minimum atomic E-state index is 0. The molecule has 0 atom stereocenters. The van der Waals surface area contributed by atoms with E-state index in [2.05, 4.69) is 33.0 Å². The van der Waals surface area contributed by atoms with Crippen LogP contribution < -0.4 is 5.32 Å². The van der Waals surface area contributed by atoms with E-state index in [1.165, 1.54) is 0 Å². The first kappa shape index (κ1) is 6.96. The Hall–Kier alpha value is -0.0400. The minimum Gasteiger partial charge on any atom is -0.312 e. The van der Waals surface area contributed by atoms with E-state index in [1.54, 1.807) is 0 Å². The molecule has 0 fully saturated rings. The molecular formula is C6H17N. The molecule has 0 aliphatic heterocycles. The summed E-state index contributed by atoms with van der Waals surface area (Å²) in [6, 6.07) is 0. The lowest BCUT2D eigenvalue weighted by Crippen LogP contribution is -2.35. The van der Waals surface area contributed by atoms with Gasteiger partial charge in [-0.15, -0.1) is 0 Å². The predicted molar refractivity (Wildman–Crippen MR) is 35.5 cm³/mol. The molecule has 0 aromatic heterocycles. The fraction of sp³-hybridized carbons (Fsp3) is 1.00. The Bertz CT molecular complexity index is 47.0. The Morgan fingerprint density at radius 1 is 1.43 bits per heavy atom. The quantitative estimate of drug-likeness (QED) is 0.532. The first-order valence-corrected chi connectivity index (χ1v) is 2.81. The number of hydrogen-bond acceptors (Lipinski definition) is 1. The molecule has 0 saturated carbocycles. The number of hydrogen-bond donors (Lipinski definition) is 1. The summed E-state index contributed by atoms with van der Waals surface area (Å²) in [5.41, 5.74) is 0.300. The summed E-state index contributed by atoms with van der Waals surface area (Å²) in [4.78, 5) is 0. The van der Waals surface area contributed by atoms with Crippen molar-refractivity contribution in [1.82, 2.24) is 5.32 Å². The van der Waals surface area contributed by atoms with Gasteiger partial charge in [-0.2, -0.15) is 0 Å². The van der Waals surface area contributed by atoms with Crippen molar-refractivity contribution in [2.24, 2.45) is 0 Å². The van der Waals surface area contributed by atoms with Crippen LogP contribution in [0.1, 0.15) is 29.1 Å². The third-order valence-electron chi connectivity index (χ3n) is 0.707. The molecule has 0 aromatic carbocycles. The fourth-order valence-electron chi connectivity index (χ4n) is 0.530. The van der Waals surface area contributed by atoms with Crippen molar-refractivity contribution in [3.63, 3.8) is 0 Å². The van der Waals surface area contributed by atoms with E-state index in [0.29, 0.717) is 5.54 Å². The molecule has 1 nitrogen and oxygen atoms in total. The molecule has 0 spiro atoms. The molecule has 1 heteroatoms. The largest absolute Gasteiger partial charge is 0.312 e. The molecule has 0 radical (unpaired) electrons. The maximum Gasteiger partial charge on any atom is 0.00963 e. The number of rotatable bonds is 1. The number of nitrogens with one attached hydrogen (secondary N) is 1. The molecule has 0 bridgehead atoms. The second-order valence-electron chi connectivity index (χ2n) is 2.78. The average Bonchev–Trinajstić information content (AvgIpc) is 1.30. The second-order valence-corrected chi connectivity index (χ2v) is 2.78. The highest BCUT2D eigenvalue weighted by molar-refractivity contribution is 4.67. The molecule has 1 N–H and O–H groups in total. The summed E-state index contributed by atoms with van der Waals surface area (Å²) < 4.78 is 0. The monoisotopic (exact) mass is 103 g/mol. The standard InChI is InChI=1S/C6H15N.H2/c1-5-7-6(2,3)4;/h7H,5H2,1-4H3;1H. The van der Waals surface area contributed by atoms with Crippen molar-refractivity contribution >= 4 is 0 Å². The molecular weight excluding hydrogens is 86.1 g/mol. The maximum atomic E-state index is 3.28. The Morgan fingerprint density at radius 3 is 1.86 bits per heavy atom. The smallest absolute Gasteiger partial charge is 0.00963 e. The zero-order valence-corrected chi connectivity index (χ0v) is 5.71. The maximum absolute atomic E-state index is 3.28. The molecule has 0 unspecified atom stereocenters. The summed E-state index contributed by atoms with van der Waals surface area (Å²) in [5.74, 6) is 0. The Morgan fingerprint density at radius 2 is 1.86 bits per heavy atom. The molecule has 7 heavy (non-hydrogen) atoms. The van der Waals surface area contributed by atoms with E-state index in [4.69, 9.17) is 0 Å². The normalized spacial score (nSPS) is 12.0. The summed E-state index contributed by atoms with van der Waals surface area (Å²) in [5, 5.41) is 3.28. The van der Waals surface area contributed by atoms with Gasteiger partial charge in [-0.05, 0) is 27.3 Å². The van der Waals surface area contributed by atoms with Crippen LogP contribution in [-0.4, -0.2) is 12.1 Å². The Balaban J connectivity index is 0. The van der Waals surface area contributed by atoms with Crippen LogP contribution in [0.4, 0.5) is 0 Å². The van der Waals surface area contributed by atoms with Gasteiger partial charge in [0.05, 0.1) is 0 Å². The summed E-state index contributed by atoms with van der Waals surface area (Å²) in [6.07, 6.45) is 0. The van der Waals surface area contributed by atoms with Crippen LogP contribution in [0.25, 0.3) is 0 Å². The molecule has 0 aliphatic carbocycles. The molecule has 0 amide bonds. The first-order valence-electron chi connectivity index (χ1n) is 2.81. The van der Waals surface area contributed by atoms with Crippen LogP contribution in [0, 0.1) is 0 Å². The third kappa shape index (κ3) is 5.96. The van der Waals surface area contributed by atoms with Gasteiger partial charge in [0.15, 0.2) is 0 Å². The lowest BCUT2D eigenvalue weighted by Gasteiger charge is -2.18. The van der Waals surface area contributed by atoms with Gasteiger partial charge in [-0.3, -0.25) is 0 Å². The van der Waals surface area contributed by atoms with Crippen LogP contribution >= 0.6 is 0 Å². The summed E-state index contributed by atoms with van der Waals surface area (Å²) in [6.45, 7) is 9.66. The highest BCUT2D eigenvalue weighted by Crippen LogP contribution is 1.95. The van der Waals surface area contributed by atoms with Gasteiger partial charge in [-0.25, -0.2) is 0 Å². The van der Waals surface area contributed by atoms with E-state index in [0.717, 1.165) is 6.54 Å². The summed E-state index contributed by atoms with van der Waals surface area (Å²) in [7, 11) is 0. The van der Waals surface area contributed by atoms with Crippen molar-refractivity contribution in [1.29, 1.82) is 0 Å². The molecule has 0 aliphatic rings. The van der Waals surface area contributed by atoms with Crippen LogP contribution in [0.15, 0.2) is 0 Å². The minimum absolute atomic E-state index is 0. The van der Waals surface area contributed by atoms with Crippen LogP contribution in [0.5, 0.6) is 0 Å². The molecule has 0 saturated heterocycles. The van der Waals surface area contributed by atoms with E-state index >= 15 is 0 Å². The van der Waals surface area contributed by atoms with Gasteiger partial charge >= 0.3 is 0 Å². The van der Waals surface area contributed by atoms with Crippen LogP contribution in [0.3, 0.4) is 0 Å². The lowest BCUT2D eigenvalue weighted by molar-refractivity contribution is 0.439. The van der Waals surface area contributed by atoms with Gasteiger partial charge in [0.25, 0.3) is 0 Å². The van der Waals surface area contributed by atoms with Gasteiger partial charge in [0.1, 0.15) is 0 Å². The second kappa shape index (κ2) is 2.31. The zero-order chi connectivity index (χ0) is 5.91. The van der Waals surface area contributed by atoms with Crippen molar-refractivity contribution < 1.29 is 1.43 Å². The van der Waals surface area contributed by atoms with Crippen molar-refractivity contribution in [2.45, 2.75) is 33.2 Å². The van der Waals surface area contributed by atoms with Crippen molar-refractivity contribution in [3.8, 4) is 0 Å². The third-order valence-corrected chi connectivity index (χ3v) is 0.707. The van der Waals surface area contributed by atoms with Crippen LogP contribution in [0.2, 0.25) is 0 Å². The average molecular weight is 103 g/mol. The van der Waals surface area contributed by atoms with Crippen molar-refractivity contribution in [3.05, 3.63) is 0 Å². The molecule has 46 valence electrons. The van der Waals surface area contributed by atoms with E-state index < -0.39 is 0 Å². The lowest BCUT2D eigenvalue weighted by atomic mass is 10.1. The van der Waals surface area contributed by atoms with Gasteiger partial charge in [0.2, 0.25) is 0 Å². The SMILES string of the molecule is CCNC(C)(C)C.[HH]. The first-order chi connectivity index (χ1) is 3.06. The fourth-order valence-corrected chi connectivity index (χ4v) is 0.530. The predicted octanol–water partition coefficient (Wildman–Crippen LogP) is 1.64. The van der Waals surface area contributed by atoms with Crippen LogP contribution in [-0.2, 0) is 0 Å². The van der Waals surface area contributed by atoms with E-state index in [1.807, 2.05) is 0 Å². The highest BCUT2D eigenvalue weighted by atomic mass is 14.9. The Labute approximate surface area is 47.6 Å². The molecule has 0 rings (SSSR count). The molecule has 0 aromatic rings. The van der Waals surface area contributed by atoms with Gasteiger partial charge < -0.3 is 5.32 Å². The van der Waals surface area contributed by atoms with E-state index in [9.17, 15) is 0 Å². The summed E-state index contributed by atoms with van der Waals surface area (Å²) >= 11 is 0. The van der Waals surface area contributed by atoms with Gasteiger partial charge in [-0.1, -0.05) is 6.92 Å². The Kier molecular flexibility index (Phi) is 2.30. The topological polar surface area (TPSA) is 12.0 Å². The van der Waals surface area contributed by atoms with Gasteiger partial charge in [0, 0.05) is 6.97 Å². The molecule has 0 heterocycles. The van der Waals surface area contributed by atoms with Crippen molar-refractivity contribution in [2.75, 3.05) is 6.54 Å². The van der Waals surface area contributed by atoms with E-state index in [-0.39, 0.29) is 1.43 Å². The highest BCUT2D eigenvalue weighted by Gasteiger charge is 2.04. The zero-order valence-electron chi connectivity index (χ0n) is 5.71.